The van der Waals surface area contributed by atoms with E-state index in [1.54, 1.807) is 0 Å². The fourth-order valence-electron chi connectivity index (χ4n) is 0.353. The van der Waals surface area contributed by atoms with Gasteiger partial charge < -0.3 is 16.6 Å². The van der Waals surface area contributed by atoms with Crippen molar-refractivity contribution in [2.24, 2.45) is 11.5 Å². The Labute approximate surface area is 47.5 Å². The fourth-order valence-corrected chi connectivity index (χ4v) is 0.353. The van der Waals surface area contributed by atoms with Crippen molar-refractivity contribution in [3.05, 3.63) is 0 Å². The summed E-state index contributed by atoms with van der Waals surface area (Å²) in [5.41, 5.74) is 8.24. The van der Waals surface area contributed by atoms with E-state index in [1.165, 1.54) is 6.92 Å². The summed E-state index contributed by atoms with van der Waals surface area (Å²) >= 11 is 0. The first-order valence-electron chi connectivity index (χ1n) is 2.21. The van der Waals surface area contributed by atoms with Crippen LogP contribution in [0.15, 0.2) is 0 Å². The molecule has 0 aromatic heterocycles. The smallest absolute Gasteiger partial charge is 0.221 e. The maximum absolute atomic E-state index is 10.00. The highest BCUT2D eigenvalue weighted by Crippen LogP contribution is 1.96. The zero-order chi connectivity index (χ0) is 6.78. The molecule has 0 fully saturated rings. The van der Waals surface area contributed by atoms with Crippen LogP contribution in [0.3, 0.4) is 0 Å². The van der Waals surface area contributed by atoms with Gasteiger partial charge in [0.2, 0.25) is 5.91 Å². The van der Waals surface area contributed by atoms with E-state index in [-0.39, 0.29) is 6.42 Å². The van der Waals surface area contributed by atoms with Gasteiger partial charge >= 0.3 is 0 Å². The first kappa shape index (κ1) is 7.39. The lowest BCUT2D eigenvalue weighted by Crippen LogP contribution is -2.39. The second-order valence-corrected chi connectivity index (χ2v) is 2.00. The summed E-state index contributed by atoms with van der Waals surface area (Å²) in [6, 6.07) is 0. The number of aliphatic hydroxyl groups is 1. The molecule has 4 heteroatoms. The standard InChI is InChI=1S/C4H10N2O2/c1-4(6,8)2-3(5)7/h8H,2,6H2,1H3,(H2,5,7)/t4-/m0/s1. The van der Waals surface area contributed by atoms with Gasteiger partial charge in [-0.25, -0.2) is 0 Å². The number of rotatable bonds is 2. The van der Waals surface area contributed by atoms with Gasteiger partial charge in [-0.15, -0.1) is 0 Å². The summed E-state index contributed by atoms with van der Waals surface area (Å²) in [6.45, 7) is 1.32. The van der Waals surface area contributed by atoms with E-state index < -0.39 is 11.6 Å². The SMILES string of the molecule is C[C@](N)(O)CC(N)=O. The molecule has 0 aliphatic heterocycles. The summed E-state index contributed by atoms with van der Waals surface area (Å²) in [5.74, 6) is -0.600. The van der Waals surface area contributed by atoms with Gasteiger partial charge in [0.1, 0.15) is 5.72 Å². The molecule has 0 unspecified atom stereocenters. The monoisotopic (exact) mass is 118 g/mol. The highest BCUT2D eigenvalue weighted by Gasteiger charge is 2.15. The quantitative estimate of drug-likeness (QED) is 0.387. The number of nitrogens with two attached hydrogens (primary N) is 2. The maximum atomic E-state index is 10.00. The second-order valence-electron chi connectivity index (χ2n) is 2.00. The highest BCUT2D eigenvalue weighted by molar-refractivity contribution is 5.74. The fraction of sp³-hybridized carbons (Fsp3) is 0.750. The van der Waals surface area contributed by atoms with E-state index in [4.69, 9.17) is 16.6 Å². The van der Waals surface area contributed by atoms with Gasteiger partial charge in [-0.1, -0.05) is 0 Å². The Kier molecular flexibility index (Phi) is 1.94. The van der Waals surface area contributed by atoms with Crippen molar-refractivity contribution in [2.45, 2.75) is 19.1 Å². The molecule has 0 spiro atoms. The molecule has 48 valence electrons. The van der Waals surface area contributed by atoms with Gasteiger partial charge in [0, 0.05) is 0 Å². The minimum atomic E-state index is -1.45. The first-order chi connectivity index (χ1) is 3.42. The van der Waals surface area contributed by atoms with Gasteiger partial charge in [0.15, 0.2) is 0 Å². The summed E-state index contributed by atoms with van der Waals surface area (Å²) in [5, 5.41) is 8.66. The van der Waals surface area contributed by atoms with Crippen LogP contribution in [-0.4, -0.2) is 16.7 Å². The third-order valence-corrected chi connectivity index (χ3v) is 0.532. The van der Waals surface area contributed by atoms with Crippen LogP contribution in [0.5, 0.6) is 0 Å². The molecule has 5 N–H and O–H groups in total. The summed E-state index contributed by atoms with van der Waals surface area (Å²) in [4.78, 5) is 10.00. The number of hydrogen-bond acceptors (Lipinski definition) is 3. The van der Waals surface area contributed by atoms with Crippen molar-refractivity contribution in [1.82, 2.24) is 0 Å². The molecule has 0 bridgehead atoms. The molecule has 0 aliphatic carbocycles. The van der Waals surface area contributed by atoms with Crippen molar-refractivity contribution in [3.8, 4) is 0 Å². The van der Waals surface area contributed by atoms with Crippen LogP contribution in [0, 0.1) is 0 Å². The third-order valence-electron chi connectivity index (χ3n) is 0.532. The van der Waals surface area contributed by atoms with Crippen molar-refractivity contribution in [2.75, 3.05) is 0 Å². The van der Waals surface area contributed by atoms with E-state index >= 15 is 0 Å². The van der Waals surface area contributed by atoms with Crippen molar-refractivity contribution >= 4 is 5.91 Å². The third kappa shape index (κ3) is 5.39. The minimum Gasteiger partial charge on any atom is -0.376 e. The Morgan fingerprint density at radius 1 is 1.88 bits per heavy atom. The number of amides is 1. The van der Waals surface area contributed by atoms with Crippen LogP contribution in [0.1, 0.15) is 13.3 Å². The lowest BCUT2D eigenvalue weighted by atomic mass is 10.2. The largest absolute Gasteiger partial charge is 0.376 e. The number of hydrogen-bond donors (Lipinski definition) is 3. The van der Waals surface area contributed by atoms with E-state index in [0.29, 0.717) is 0 Å². The summed E-state index contributed by atoms with van der Waals surface area (Å²) in [6.07, 6.45) is -0.201. The van der Waals surface area contributed by atoms with E-state index in [0.717, 1.165) is 0 Å². The molecule has 1 atom stereocenters. The molecule has 0 saturated heterocycles. The molecular weight excluding hydrogens is 108 g/mol. The average molecular weight is 118 g/mol. The number of carbonyl (C=O) groups is 1. The van der Waals surface area contributed by atoms with Gasteiger partial charge in [-0.2, -0.15) is 0 Å². The summed E-state index contributed by atoms with van der Waals surface area (Å²) < 4.78 is 0. The van der Waals surface area contributed by atoms with E-state index in [9.17, 15) is 4.79 Å². The lowest BCUT2D eigenvalue weighted by Gasteiger charge is -2.13. The van der Waals surface area contributed by atoms with E-state index in [2.05, 4.69) is 0 Å². The van der Waals surface area contributed by atoms with Gasteiger partial charge in [0.05, 0.1) is 6.42 Å². The topological polar surface area (TPSA) is 89.3 Å². The van der Waals surface area contributed by atoms with Gasteiger partial charge in [-0.05, 0) is 6.92 Å². The van der Waals surface area contributed by atoms with Gasteiger partial charge in [-0.3, -0.25) is 4.79 Å². The van der Waals surface area contributed by atoms with Crippen LogP contribution < -0.4 is 11.5 Å². The average Bonchev–Trinajstić information content (AvgIpc) is 1.21. The Morgan fingerprint density at radius 3 is 2.25 bits per heavy atom. The van der Waals surface area contributed by atoms with Crippen LogP contribution in [-0.2, 0) is 4.79 Å². The highest BCUT2D eigenvalue weighted by atomic mass is 16.3. The van der Waals surface area contributed by atoms with Crippen LogP contribution in [0.4, 0.5) is 0 Å². The molecule has 0 rings (SSSR count). The second kappa shape index (κ2) is 2.11. The normalized spacial score (nSPS) is 17.4. The molecule has 0 aromatic carbocycles. The van der Waals surface area contributed by atoms with Gasteiger partial charge in [0.25, 0.3) is 0 Å². The van der Waals surface area contributed by atoms with Crippen molar-refractivity contribution in [3.63, 3.8) is 0 Å². The minimum absolute atomic E-state index is 0.201. The Balaban J connectivity index is 3.55. The molecule has 0 aromatic rings. The van der Waals surface area contributed by atoms with Crippen molar-refractivity contribution < 1.29 is 9.90 Å². The molecule has 8 heavy (non-hydrogen) atoms. The molecule has 0 aliphatic rings. The molecule has 0 saturated carbocycles. The molecule has 0 heterocycles. The predicted octanol–water partition coefficient (Wildman–Crippen LogP) is -1.47. The summed E-state index contributed by atoms with van der Waals surface area (Å²) in [7, 11) is 0. The zero-order valence-corrected chi connectivity index (χ0v) is 4.72. The number of carbonyl (C=O) groups excluding carboxylic acids is 1. The first-order valence-corrected chi connectivity index (χ1v) is 2.21. The Morgan fingerprint density at radius 2 is 2.25 bits per heavy atom. The molecular formula is C4H10N2O2. The number of primary amides is 1. The van der Waals surface area contributed by atoms with Crippen molar-refractivity contribution in [1.29, 1.82) is 0 Å². The Hall–Kier alpha value is -0.610. The Bertz CT molecular complexity index is 94.7. The lowest BCUT2D eigenvalue weighted by molar-refractivity contribution is -0.122. The molecule has 1 amide bonds. The molecule has 4 nitrogen and oxygen atoms in total. The van der Waals surface area contributed by atoms with Crippen LogP contribution in [0.2, 0.25) is 0 Å². The molecule has 0 radical (unpaired) electrons. The maximum Gasteiger partial charge on any atom is 0.221 e. The zero-order valence-electron chi connectivity index (χ0n) is 4.72. The van der Waals surface area contributed by atoms with Crippen LogP contribution in [0.25, 0.3) is 0 Å². The van der Waals surface area contributed by atoms with Crippen LogP contribution >= 0.6 is 0 Å². The predicted molar refractivity (Wildman–Crippen MR) is 28.6 cm³/mol. The van der Waals surface area contributed by atoms with E-state index in [1.807, 2.05) is 0 Å².